The molecule has 1 heterocycles. The first-order chi connectivity index (χ1) is 6.59. The number of nitrogens with two attached hydrogens (primary N) is 1. The molecule has 0 aliphatic carbocycles. The molecular weight excluding hydrogens is 188 g/mol. The Labute approximate surface area is 79.7 Å². The number of nitrogens with one attached hydrogen (secondary N) is 1. The van der Waals surface area contributed by atoms with Gasteiger partial charge in [-0.2, -0.15) is 5.16 Å². The molecule has 0 aliphatic rings. The van der Waals surface area contributed by atoms with E-state index in [9.17, 15) is 9.59 Å². The lowest BCUT2D eigenvalue weighted by Gasteiger charge is -2.03. The molecule has 6 heteroatoms. The van der Waals surface area contributed by atoms with E-state index in [1.807, 2.05) is 0 Å². The zero-order chi connectivity index (χ0) is 10.6. The number of aliphatic carboxylic acids is 1. The summed E-state index contributed by atoms with van der Waals surface area (Å²) in [6.45, 7) is 0. The SMILES string of the molecule is NC(CCCc1cc(=O)[nH]o1)C(=O)O. The van der Waals surface area contributed by atoms with E-state index in [-0.39, 0.29) is 5.56 Å². The van der Waals surface area contributed by atoms with Gasteiger partial charge in [0.15, 0.2) is 0 Å². The normalized spacial score (nSPS) is 12.6. The van der Waals surface area contributed by atoms with Gasteiger partial charge in [-0.3, -0.25) is 9.59 Å². The maximum absolute atomic E-state index is 10.6. The van der Waals surface area contributed by atoms with Crippen molar-refractivity contribution < 1.29 is 14.4 Å². The monoisotopic (exact) mass is 200 g/mol. The van der Waals surface area contributed by atoms with Crippen LogP contribution < -0.4 is 11.3 Å². The first kappa shape index (κ1) is 10.5. The number of aromatic nitrogens is 1. The summed E-state index contributed by atoms with van der Waals surface area (Å²) in [6.07, 6.45) is 1.46. The quantitative estimate of drug-likeness (QED) is 0.604. The van der Waals surface area contributed by atoms with Gasteiger partial charge in [0.1, 0.15) is 11.8 Å². The van der Waals surface area contributed by atoms with E-state index in [0.717, 1.165) is 0 Å². The van der Waals surface area contributed by atoms with Crippen LogP contribution in [0.1, 0.15) is 18.6 Å². The van der Waals surface area contributed by atoms with Gasteiger partial charge in [-0.25, -0.2) is 0 Å². The van der Waals surface area contributed by atoms with E-state index in [0.29, 0.717) is 25.0 Å². The second kappa shape index (κ2) is 4.61. The van der Waals surface area contributed by atoms with Crippen molar-refractivity contribution in [1.82, 2.24) is 5.16 Å². The Morgan fingerprint density at radius 2 is 2.43 bits per heavy atom. The fourth-order valence-corrected chi connectivity index (χ4v) is 1.06. The Morgan fingerprint density at radius 3 is 2.93 bits per heavy atom. The molecular formula is C8H12N2O4. The van der Waals surface area contributed by atoms with Gasteiger partial charge < -0.3 is 15.4 Å². The number of hydrogen-bond donors (Lipinski definition) is 3. The fraction of sp³-hybridized carbons (Fsp3) is 0.500. The zero-order valence-corrected chi connectivity index (χ0v) is 7.53. The Hall–Kier alpha value is -1.56. The third-order valence-electron chi connectivity index (χ3n) is 1.83. The predicted molar refractivity (Wildman–Crippen MR) is 47.9 cm³/mol. The molecule has 1 atom stereocenters. The van der Waals surface area contributed by atoms with Gasteiger partial charge >= 0.3 is 5.97 Å². The standard InChI is InChI=1S/C8H12N2O4/c9-6(8(12)13)3-1-2-5-4-7(11)10-14-5/h4,6H,1-3,9H2,(H,10,11)(H,12,13). The molecule has 1 aromatic rings. The summed E-state index contributed by atoms with van der Waals surface area (Å²) in [5, 5.41) is 10.6. The highest BCUT2D eigenvalue weighted by Crippen LogP contribution is 2.03. The van der Waals surface area contributed by atoms with Crippen LogP contribution in [0.25, 0.3) is 0 Å². The van der Waals surface area contributed by atoms with Crippen molar-refractivity contribution in [1.29, 1.82) is 0 Å². The smallest absolute Gasteiger partial charge is 0.320 e. The maximum Gasteiger partial charge on any atom is 0.320 e. The van der Waals surface area contributed by atoms with Crippen molar-refractivity contribution in [2.75, 3.05) is 0 Å². The topological polar surface area (TPSA) is 109 Å². The highest BCUT2D eigenvalue weighted by Gasteiger charge is 2.11. The second-order valence-electron chi connectivity index (χ2n) is 3.02. The minimum atomic E-state index is -1.01. The number of aromatic amines is 1. The number of H-pyrrole nitrogens is 1. The lowest BCUT2D eigenvalue weighted by molar-refractivity contribution is -0.138. The van der Waals surface area contributed by atoms with Gasteiger partial charge in [-0.1, -0.05) is 0 Å². The number of hydrogen-bond acceptors (Lipinski definition) is 4. The van der Waals surface area contributed by atoms with Gasteiger partial charge in [0.05, 0.1) is 0 Å². The molecule has 0 fully saturated rings. The highest BCUT2D eigenvalue weighted by atomic mass is 16.5. The van der Waals surface area contributed by atoms with Crippen molar-refractivity contribution in [3.8, 4) is 0 Å². The summed E-state index contributed by atoms with van der Waals surface area (Å²) in [5.41, 5.74) is 5.00. The number of aryl methyl sites for hydroxylation is 1. The second-order valence-corrected chi connectivity index (χ2v) is 3.02. The average Bonchev–Trinajstić information content (AvgIpc) is 2.51. The van der Waals surface area contributed by atoms with Crippen molar-refractivity contribution in [3.63, 3.8) is 0 Å². The van der Waals surface area contributed by atoms with Crippen molar-refractivity contribution >= 4 is 5.97 Å². The lowest BCUT2D eigenvalue weighted by atomic mass is 10.1. The van der Waals surface area contributed by atoms with E-state index < -0.39 is 12.0 Å². The third-order valence-corrected chi connectivity index (χ3v) is 1.83. The van der Waals surface area contributed by atoms with Crippen LogP contribution in [0.3, 0.4) is 0 Å². The van der Waals surface area contributed by atoms with Crippen LogP contribution in [0, 0.1) is 0 Å². The first-order valence-corrected chi connectivity index (χ1v) is 4.25. The minimum absolute atomic E-state index is 0.289. The van der Waals surface area contributed by atoms with Crippen LogP contribution in [-0.2, 0) is 11.2 Å². The van der Waals surface area contributed by atoms with E-state index in [4.69, 9.17) is 15.4 Å². The van der Waals surface area contributed by atoms with Gasteiger partial charge in [0, 0.05) is 12.5 Å². The van der Waals surface area contributed by atoms with Crippen molar-refractivity contribution in [3.05, 3.63) is 22.2 Å². The molecule has 1 rings (SSSR count). The highest BCUT2D eigenvalue weighted by molar-refractivity contribution is 5.72. The average molecular weight is 200 g/mol. The Balaban J connectivity index is 2.28. The Bertz CT molecular complexity index is 354. The molecule has 6 nitrogen and oxygen atoms in total. The first-order valence-electron chi connectivity index (χ1n) is 4.25. The molecule has 14 heavy (non-hydrogen) atoms. The van der Waals surface area contributed by atoms with Gasteiger partial charge in [0.2, 0.25) is 0 Å². The molecule has 0 aliphatic heterocycles. The predicted octanol–water partition coefficient (Wildman–Crippen LogP) is -0.298. The summed E-state index contributed by atoms with van der Waals surface area (Å²) in [5.74, 6) is -0.492. The van der Waals surface area contributed by atoms with Crippen molar-refractivity contribution in [2.24, 2.45) is 5.73 Å². The zero-order valence-electron chi connectivity index (χ0n) is 7.53. The van der Waals surface area contributed by atoms with E-state index in [2.05, 4.69) is 5.16 Å². The van der Waals surface area contributed by atoms with Gasteiger partial charge in [-0.15, -0.1) is 0 Å². The van der Waals surface area contributed by atoms with Crippen LogP contribution in [0.2, 0.25) is 0 Å². The number of carbonyl (C=O) groups is 1. The molecule has 0 saturated heterocycles. The van der Waals surface area contributed by atoms with Crippen LogP contribution in [0.5, 0.6) is 0 Å². The molecule has 0 saturated carbocycles. The molecule has 78 valence electrons. The van der Waals surface area contributed by atoms with E-state index >= 15 is 0 Å². The van der Waals surface area contributed by atoms with Crippen molar-refractivity contribution in [2.45, 2.75) is 25.3 Å². The minimum Gasteiger partial charge on any atom is -0.480 e. The van der Waals surface area contributed by atoms with Crippen LogP contribution in [-0.4, -0.2) is 22.3 Å². The summed E-state index contributed by atoms with van der Waals surface area (Å²) in [7, 11) is 0. The summed E-state index contributed by atoms with van der Waals surface area (Å²) >= 11 is 0. The van der Waals surface area contributed by atoms with Crippen LogP contribution >= 0.6 is 0 Å². The summed E-state index contributed by atoms with van der Waals surface area (Å²) < 4.78 is 4.78. The van der Waals surface area contributed by atoms with Gasteiger partial charge in [0.25, 0.3) is 5.56 Å². The molecule has 1 aromatic heterocycles. The van der Waals surface area contributed by atoms with Crippen LogP contribution in [0.4, 0.5) is 0 Å². The van der Waals surface area contributed by atoms with Crippen LogP contribution in [0.15, 0.2) is 15.4 Å². The van der Waals surface area contributed by atoms with E-state index in [1.54, 1.807) is 0 Å². The van der Waals surface area contributed by atoms with Gasteiger partial charge in [-0.05, 0) is 12.8 Å². The molecule has 1 unspecified atom stereocenters. The molecule has 0 spiro atoms. The lowest BCUT2D eigenvalue weighted by Crippen LogP contribution is -2.29. The number of rotatable bonds is 5. The van der Waals surface area contributed by atoms with E-state index in [1.165, 1.54) is 6.07 Å². The molecule has 4 N–H and O–H groups in total. The molecule has 0 aromatic carbocycles. The maximum atomic E-state index is 10.6. The number of carboxylic acid groups (broad SMARTS) is 1. The summed E-state index contributed by atoms with van der Waals surface area (Å²) in [6, 6.07) is 0.493. The fourth-order valence-electron chi connectivity index (χ4n) is 1.06. The Morgan fingerprint density at radius 1 is 1.71 bits per heavy atom. The largest absolute Gasteiger partial charge is 0.480 e. The molecule has 0 radical (unpaired) electrons. The Kier molecular flexibility index (Phi) is 3.47. The molecule has 0 bridgehead atoms. The third kappa shape index (κ3) is 3.06. The molecule has 0 amide bonds. The number of carboxylic acids is 1. The summed E-state index contributed by atoms with van der Waals surface area (Å²) in [4.78, 5) is 21.0.